The van der Waals surface area contributed by atoms with Crippen LogP contribution in [0.5, 0.6) is 0 Å². The van der Waals surface area contributed by atoms with Crippen LogP contribution in [0.1, 0.15) is 40.5 Å². The van der Waals surface area contributed by atoms with Crippen LogP contribution in [0.4, 0.5) is 0 Å². The highest BCUT2D eigenvalue weighted by Crippen LogP contribution is 2.28. The van der Waals surface area contributed by atoms with Crippen molar-refractivity contribution in [3.8, 4) is 0 Å². The summed E-state index contributed by atoms with van der Waals surface area (Å²) in [5, 5.41) is 22.1. The molecule has 1 fully saturated rings. The SMILES string of the molecule is CC(C)C(C[C@H](O)[C@@H]1CC(C(C)C)C(=O)N1)C(=O)O. The standard InChI is InChI=1S/C14H25NO4/c1-7(2)9-5-11(15-13(9)17)12(16)6-10(8(3)4)14(18)19/h7-12,16H,5-6H2,1-4H3,(H,15,17)(H,18,19)/t9?,10?,11-,12-/m0/s1. The summed E-state index contributed by atoms with van der Waals surface area (Å²) in [5.74, 6) is -1.39. The number of rotatable bonds is 6. The zero-order valence-corrected chi connectivity index (χ0v) is 12.1. The van der Waals surface area contributed by atoms with Crippen molar-refractivity contribution in [3.05, 3.63) is 0 Å². The third-order valence-corrected chi connectivity index (χ3v) is 4.06. The van der Waals surface area contributed by atoms with E-state index in [4.69, 9.17) is 5.11 Å². The summed E-state index contributed by atoms with van der Waals surface area (Å²) in [6.45, 7) is 7.62. The maximum absolute atomic E-state index is 11.7. The Bertz CT molecular complexity index is 340. The number of hydrogen-bond donors (Lipinski definition) is 3. The van der Waals surface area contributed by atoms with E-state index in [2.05, 4.69) is 5.32 Å². The molecule has 0 spiro atoms. The molecule has 0 aromatic heterocycles. The molecule has 19 heavy (non-hydrogen) atoms. The number of carboxylic acid groups (broad SMARTS) is 1. The van der Waals surface area contributed by atoms with E-state index in [9.17, 15) is 14.7 Å². The molecule has 1 amide bonds. The highest BCUT2D eigenvalue weighted by atomic mass is 16.4. The van der Waals surface area contributed by atoms with Gasteiger partial charge in [-0.25, -0.2) is 0 Å². The molecule has 1 saturated heterocycles. The van der Waals surface area contributed by atoms with E-state index in [-0.39, 0.29) is 36.1 Å². The van der Waals surface area contributed by atoms with Gasteiger partial charge >= 0.3 is 5.97 Å². The van der Waals surface area contributed by atoms with Gasteiger partial charge in [-0.2, -0.15) is 0 Å². The predicted molar refractivity (Wildman–Crippen MR) is 71.5 cm³/mol. The summed E-state index contributed by atoms with van der Waals surface area (Å²) < 4.78 is 0. The first kappa shape index (κ1) is 16.0. The number of hydrogen-bond acceptors (Lipinski definition) is 3. The molecule has 1 aliphatic heterocycles. The van der Waals surface area contributed by atoms with Crippen molar-refractivity contribution in [2.24, 2.45) is 23.7 Å². The molecule has 0 aromatic rings. The lowest BCUT2D eigenvalue weighted by atomic mass is 9.86. The Labute approximate surface area is 114 Å². The van der Waals surface area contributed by atoms with Gasteiger partial charge in [0.25, 0.3) is 0 Å². The molecule has 0 aliphatic carbocycles. The minimum Gasteiger partial charge on any atom is -0.481 e. The van der Waals surface area contributed by atoms with Crippen molar-refractivity contribution in [1.29, 1.82) is 0 Å². The first-order valence-electron chi connectivity index (χ1n) is 6.95. The molecule has 0 aromatic carbocycles. The lowest BCUT2D eigenvalue weighted by Gasteiger charge is -2.24. The molecule has 0 radical (unpaired) electrons. The number of nitrogens with one attached hydrogen (secondary N) is 1. The first-order chi connectivity index (χ1) is 8.73. The van der Waals surface area contributed by atoms with Crippen molar-refractivity contribution in [3.63, 3.8) is 0 Å². The van der Waals surface area contributed by atoms with E-state index < -0.39 is 18.0 Å². The molecule has 0 bridgehead atoms. The first-order valence-corrected chi connectivity index (χ1v) is 6.95. The van der Waals surface area contributed by atoms with Gasteiger partial charge in [-0.05, 0) is 24.7 Å². The maximum Gasteiger partial charge on any atom is 0.306 e. The summed E-state index contributed by atoms with van der Waals surface area (Å²) >= 11 is 0. The van der Waals surface area contributed by atoms with Crippen LogP contribution in [0.15, 0.2) is 0 Å². The average molecular weight is 271 g/mol. The topological polar surface area (TPSA) is 86.6 Å². The normalized spacial score (nSPS) is 26.6. The lowest BCUT2D eigenvalue weighted by Crippen LogP contribution is -2.39. The second-order valence-electron chi connectivity index (χ2n) is 6.19. The van der Waals surface area contributed by atoms with Gasteiger partial charge in [-0.15, -0.1) is 0 Å². The number of carbonyl (C=O) groups excluding carboxylic acids is 1. The van der Waals surface area contributed by atoms with E-state index in [0.29, 0.717) is 6.42 Å². The summed E-state index contributed by atoms with van der Waals surface area (Å²) in [4.78, 5) is 22.9. The average Bonchev–Trinajstić information content (AvgIpc) is 2.67. The highest BCUT2D eigenvalue weighted by molar-refractivity contribution is 5.81. The van der Waals surface area contributed by atoms with Crippen molar-refractivity contribution in [2.75, 3.05) is 0 Å². The zero-order chi connectivity index (χ0) is 14.7. The smallest absolute Gasteiger partial charge is 0.306 e. The monoisotopic (exact) mass is 271 g/mol. The molecule has 5 nitrogen and oxygen atoms in total. The molecule has 2 unspecified atom stereocenters. The maximum atomic E-state index is 11.7. The molecule has 110 valence electrons. The summed E-state index contributed by atoms with van der Waals surface area (Å²) in [5.41, 5.74) is 0. The highest BCUT2D eigenvalue weighted by Gasteiger charge is 2.39. The quantitative estimate of drug-likeness (QED) is 0.678. The molecule has 1 rings (SSSR count). The van der Waals surface area contributed by atoms with Gasteiger partial charge in [0.15, 0.2) is 0 Å². The minimum atomic E-state index is -0.890. The van der Waals surface area contributed by atoms with Gasteiger partial charge in [-0.3, -0.25) is 9.59 Å². The molecule has 1 heterocycles. The van der Waals surface area contributed by atoms with Crippen LogP contribution in [-0.2, 0) is 9.59 Å². The lowest BCUT2D eigenvalue weighted by molar-refractivity contribution is -0.144. The van der Waals surface area contributed by atoms with Crippen LogP contribution in [0.25, 0.3) is 0 Å². The molecular weight excluding hydrogens is 246 g/mol. The Hall–Kier alpha value is -1.10. The van der Waals surface area contributed by atoms with Crippen LogP contribution >= 0.6 is 0 Å². The molecule has 0 saturated carbocycles. The van der Waals surface area contributed by atoms with Gasteiger partial charge in [0, 0.05) is 5.92 Å². The zero-order valence-electron chi connectivity index (χ0n) is 12.1. The molecule has 1 aliphatic rings. The Morgan fingerprint density at radius 1 is 1.37 bits per heavy atom. The Morgan fingerprint density at radius 2 is 1.95 bits per heavy atom. The van der Waals surface area contributed by atoms with Gasteiger partial charge in [0.05, 0.1) is 18.1 Å². The van der Waals surface area contributed by atoms with Crippen molar-refractivity contribution >= 4 is 11.9 Å². The van der Waals surface area contributed by atoms with Crippen LogP contribution in [0.3, 0.4) is 0 Å². The Kier molecular flexibility index (Phi) is 5.35. The van der Waals surface area contributed by atoms with Gasteiger partial charge in [0.1, 0.15) is 0 Å². The molecular formula is C14H25NO4. The molecule has 4 atom stereocenters. The molecule has 3 N–H and O–H groups in total. The number of aliphatic hydroxyl groups is 1. The second kappa shape index (κ2) is 6.37. The third kappa shape index (κ3) is 3.93. The fourth-order valence-corrected chi connectivity index (χ4v) is 2.64. The largest absolute Gasteiger partial charge is 0.481 e. The minimum absolute atomic E-state index is 0.0320. The fourth-order valence-electron chi connectivity index (χ4n) is 2.64. The van der Waals surface area contributed by atoms with E-state index >= 15 is 0 Å². The fraction of sp³-hybridized carbons (Fsp3) is 0.857. The number of aliphatic hydroxyl groups excluding tert-OH is 1. The van der Waals surface area contributed by atoms with E-state index in [1.165, 1.54) is 0 Å². The number of amides is 1. The number of aliphatic carboxylic acids is 1. The summed E-state index contributed by atoms with van der Waals surface area (Å²) in [6, 6.07) is -0.319. The van der Waals surface area contributed by atoms with E-state index in [1.54, 1.807) is 0 Å². The van der Waals surface area contributed by atoms with Gasteiger partial charge in [0.2, 0.25) is 5.91 Å². The van der Waals surface area contributed by atoms with E-state index in [1.807, 2.05) is 27.7 Å². The van der Waals surface area contributed by atoms with E-state index in [0.717, 1.165) is 0 Å². The predicted octanol–water partition coefficient (Wildman–Crippen LogP) is 1.25. The van der Waals surface area contributed by atoms with Crippen LogP contribution in [0, 0.1) is 23.7 Å². The summed E-state index contributed by atoms with van der Waals surface area (Å²) in [7, 11) is 0. The van der Waals surface area contributed by atoms with Crippen molar-refractivity contribution < 1.29 is 19.8 Å². The Morgan fingerprint density at radius 3 is 2.32 bits per heavy atom. The van der Waals surface area contributed by atoms with Crippen LogP contribution < -0.4 is 5.32 Å². The second-order valence-corrected chi connectivity index (χ2v) is 6.19. The van der Waals surface area contributed by atoms with Gasteiger partial charge < -0.3 is 15.5 Å². The van der Waals surface area contributed by atoms with Gasteiger partial charge in [-0.1, -0.05) is 27.7 Å². The number of carbonyl (C=O) groups is 2. The number of carboxylic acids is 1. The van der Waals surface area contributed by atoms with Crippen molar-refractivity contribution in [1.82, 2.24) is 5.32 Å². The molecule has 5 heteroatoms. The third-order valence-electron chi connectivity index (χ3n) is 4.06. The van der Waals surface area contributed by atoms with Crippen LogP contribution in [0.2, 0.25) is 0 Å². The summed E-state index contributed by atoms with van der Waals surface area (Å²) in [6.07, 6.45) is -0.0265. The Balaban J connectivity index is 2.62. The van der Waals surface area contributed by atoms with Crippen LogP contribution in [-0.4, -0.2) is 34.2 Å². The van der Waals surface area contributed by atoms with Crippen molar-refractivity contribution in [2.45, 2.75) is 52.7 Å².